The summed E-state index contributed by atoms with van der Waals surface area (Å²) >= 11 is 0. The van der Waals surface area contributed by atoms with Crippen molar-refractivity contribution in [2.75, 3.05) is 12.4 Å². The van der Waals surface area contributed by atoms with Gasteiger partial charge in [0.25, 0.3) is 0 Å². The van der Waals surface area contributed by atoms with Gasteiger partial charge < -0.3 is 20.0 Å². The summed E-state index contributed by atoms with van der Waals surface area (Å²) in [6.07, 6.45) is 3.54. The zero-order chi connectivity index (χ0) is 20.3. The van der Waals surface area contributed by atoms with E-state index in [0.29, 0.717) is 6.54 Å². The summed E-state index contributed by atoms with van der Waals surface area (Å²) in [7, 11) is 1.68. The number of benzene rings is 3. The first kappa shape index (κ1) is 18.0. The lowest BCUT2D eigenvalue weighted by Gasteiger charge is -2.11. The van der Waals surface area contributed by atoms with Crippen LogP contribution in [0.25, 0.3) is 33.8 Å². The third kappa shape index (κ3) is 3.51. The molecule has 30 heavy (non-hydrogen) atoms. The van der Waals surface area contributed by atoms with Gasteiger partial charge in [0.05, 0.1) is 23.7 Å². The Labute approximate surface area is 174 Å². The standard InChI is InChI=1S/C24H21N5O/c1-30-22-13-16(9-10-19(22)24-25-11-12-26-24)15-27-18-6-4-5-17(14-18)23-28-20-7-2-3-8-21(20)29-23/h2-14,27H,15H2,1H3,(H,25,26)(H,28,29). The van der Waals surface area contributed by atoms with Crippen LogP contribution in [0.1, 0.15) is 5.56 Å². The lowest BCUT2D eigenvalue weighted by molar-refractivity contribution is 0.415. The molecule has 2 heterocycles. The number of aromatic nitrogens is 4. The van der Waals surface area contributed by atoms with Gasteiger partial charge in [-0.15, -0.1) is 0 Å². The van der Waals surface area contributed by atoms with Gasteiger partial charge in [-0.2, -0.15) is 0 Å². The van der Waals surface area contributed by atoms with Crippen molar-refractivity contribution < 1.29 is 4.74 Å². The molecule has 0 aliphatic rings. The largest absolute Gasteiger partial charge is 0.496 e. The van der Waals surface area contributed by atoms with Crippen LogP contribution in [0.15, 0.2) is 79.1 Å². The van der Waals surface area contributed by atoms with Crippen molar-refractivity contribution in [3.63, 3.8) is 0 Å². The van der Waals surface area contributed by atoms with E-state index < -0.39 is 0 Å². The van der Waals surface area contributed by atoms with Crippen LogP contribution in [0.4, 0.5) is 5.69 Å². The zero-order valence-electron chi connectivity index (χ0n) is 16.5. The summed E-state index contributed by atoms with van der Waals surface area (Å²) in [6, 6.07) is 22.4. The molecule has 6 heteroatoms. The minimum atomic E-state index is 0.679. The van der Waals surface area contributed by atoms with Gasteiger partial charge in [-0.25, -0.2) is 9.97 Å². The third-order valence-corrected chi connectivity index (χ3v) is 5.04. The number of rotatable bonds is 6. The van der Waals surface area contributed by atoms with E-state index in [2.05, 4.69) is 44.5 Å². The minimum Gasteiger partial charge on any atom is -0.496 e. The van der Waals surface area contributed by atoms with Crippen molar-refractivity contribution in [3.05, 3.63) is 84.7 Å². The topological polar surface area (TPSA) is 78.6 Å². The highest BCUT2D eigenvalue weighted by molar-refractivity contribution is 5.79. The van der Waals surface area contributed by atoms with Crippen LogP contribution >= 0.6 is 0 Å². The van der Waals surface area contributed by atoms with E-state index in [1.165, 1.54) is 0 Å². The summed E-state index contributed by atoms with van der Waals surface area (Å²) < 4.78 is 5.57. The molecule has 6 nitrogen and oxygen atoms in total. The summed E-state index contributed by atoms with van der Waals surface area (Å²) in [4.78, 5) is 15.5. The Morgan fingerprint density at radius 2 is 1.90 bits per heavy atom. The summed E-state index contributed by atoms with van der Waals surface area (Å²) in [5.74, 6) is 2.45. The van der Waals surface area contributed by atoms with Crippen molar-refractivity contribution in [3.8, 4) is 28.5 Å². The van der Waals surface area contributed by atoms with E-state index in [1.54, 1.807) is 19.5 Å². The molecule has 0 amide bonds. The first-order valence-corrected chi connectivity index (χ1v) is 9.76. The molecule has 0 aliphatic heterocycles. The Hall–Kier alpha value is -4.06. The number of fused-ring (bicyclic) bond motifs is 1. The number of ether oxygens (including phenoxy) is 1. The molecular formula is C24H21N5O. The van der Waals surface area contributed by atoms with Crippen LogP contribution in [-0.2, 0) is 6.54 Å². The highest BCUT2D eigenvalue weighted by atomic mass is 16.5. The molecule has 3 aromatic carbocycles. The smallest absolute Gasteiger partial charge is 0.141 e. The number of H-pyrrole nitrogens is 2. The predicted octanol–water partition coefficient (Wildman–Crippen LogP) is 5.24. The van der Waals surface area contributed by atoms with Gasteiger partial charge in [-0.05, 0) is 42.0 Å². The molecule has 0 bridgehead atoms. The van der Waals surface area contributed by atoms with Gasteiger partial charge in [0.2, 0.25) is 0 Å². The number of hydrogen-bond acceptors (Lipinski definition) is 4. The summed E-state index contributed by atoms with van der Waals surface area (Å²) in [5.41, 5.74) is 6.14. The van der Waals surface area contributed by atoms with Crippen LogP contribution in [0.5, 0.6) is 5.75 Å². The van der Waals surface area contributed by atoms with E-state index >= 15 is 0 Å². The number of methoxy groups -OCH3 is 1. The fraction of sp³-hybridized carbons (Fsp3) is 0.0833. The Kier molecular flexibility index (Phi) is 4.65. The molecule has 3 N–H and O–H groups in total. The van der Waals surface area contributed by atoms with E-state index in [4.69, 9.17) is 9.72 Å². The number of para-hydroxylation sites is 2. The zero-order valence-corrected chi connectivity index (χ0v) is 16.5. The maximum absolute atomic E-state index is 5.57. The molecule has 0 fully saturated rings. The first-order chi connectivity index (χ1) is 14.8. The van der Waals surface area contributed by atoms with Gasteiger partial charge in [0, 0.05) is 30.2 Å². The SMILES string of the molecule is COc1cc(CNc2cccc(-c3nc4ccccc4[nH]3)c2)ccc1-c1ncc[nH]1. The fourth-order valence-electron chi connectivity index (χ4n) is 3.52. The molecule has 0 unspecified atom stereocenters. The molecule has 0 saturated heterocycles. The second-order valence-electron chi connectivity index (χ2n) is 7.01. The predicted molar refractivity (Wildman–Crippen MR) is 119 cm³/mol. The molecule has 0 aliphatic carbocycles. The normalized spacial score (nSPS) is 11.0. The third-order valence-electron chi connectivity index (χ3n) is 5.04. The van der Waals surface area contributed by atoms with E-state index in [1.807, 2.05) is 42.5 Å². The number of nitrogens with zero attached hydrogens (tertiary/aromatic N) is 2. The molecule has 0 atom stereocenters. The Balaban J connectivity index is 1.35. The van der Waals surface area contributed by atoms with Crippen LogP contribution in [0.3, 0.4) is 0 Å². The van der Waals surface area contributed by atoms with Gasteiger partial charge >= 0.3 is 0 Å². The maximum atomic E-state index is 5.57. The number of imidazole rings is 2. The maximum Gasteiger partial charge on any atom is 0.141 e. The van der Waals surface area contributed by atoms with Crippen molar-refractivity contribution in [2.24, 2.45) is 0 Å². The van der Waals surface area contributed by atoms with Crippen molar-refractivity contribution in [1.82, 2.24) is 19.9 Å². The second kappa shape index (κ2) is 7.75. The molecule has 0 radical (unpaired) electrons. The molecular weight excluding hydrogens is 374 g/mol. The van der Waals surface area contributed by atoms with Crippen molar-refractivity contribution >= 4 is 16.7 Å². The quantitative estimate of drug-likeness (QED) is 0.367. The van der Waals surface area contributed by atoms with E-state index in [-0.39, 0.29) is 0 Å². The van der Waals surface area contributed by atoms with E-state index in [9.17, 15) is 0 Å². The highest BCUT2D eigenvalue weighted by Gasteiger charge is 2.09. The van der Waals surface area contributed by atoms with Crippen LogP contribution in [0, 0.1) is 0 Å². The monoisotopic (exact) mass is 395 g/mol. The highest BCUT2D eigenvalue weighted by Crippen LogP contribution is 2.29. The van der Waals surface area contributed by atoms with Gasteiger partial charge in [-0.3, -0.25) is 0 Å². The van der Waals surface area contributed by atoms with Gasteiger partial charge in [0.1, 0.15) is 17.4 Å². The lowest BCUT2D eigenvalue weighted by Crippen LogP contribution is -2.01. The Morgan fingerprint density at radius 1 is 0.967 bits per heavy atom. The second-order valence-corrected chi connectivity index (χ2v) is 7.01. The Morgan fingerprint density at radius 3 is 2.73 bits per heavy atom. The van der Waals surface area contributed by atoms with Crippen molar-refractivity contribution in [2.45, 2.75) is 6.54 Å². The molecule has 0 saturated carbocycles. The van der Waals surface area contributed by atoms with Gasteiger partial charge in [-0.1, -0.05) is 30.3 Å². The molecule has 0 spiro atoms. The average Bonchev–Trinajstić information content (AvgIpc) is 3.48. The number of hydrogen-bond donors (Lipinski definition) is 3. The fourth-order valence-corrected chi connectivity index (χ4v) is 3.52. The van der Waals surface area contributed by atoms with Crippen LogP contribution in [0.2, 0.25) is 0 Å². The van der Waals surface area contributed by atoms with Gasteiger partial charge in [0.15, 0.2) is 0 Å². The van der Waals surface area contributed by atoms with Crippen LogP contribution in [-0.4, -0.2) is 27.0 Å². The Bertz CT molecular complexity index is 1260. The molecule has 5 rings (SSSR count). The first-order valence-electron chi connectivity index (χ1n) is 9.76. The molecule has 2 aromatic heterocycles. The van der Waals surface area contributed by atoms with Crippen molar-refractivity contribution in [1.29, 1.82) is 0 Å². The van der Waals surface area contributed by atoms with E-state index in [0.717, 1.165) is 50.8 Å². The average molecular weight is 395 g/mol. The molecule has 148 valence electrons. The summed E-state index contributed by atoms with van der Waals surface area (Å²) in [6.45, 7) is 0.679. The number of nitrogens with one attached hydrogen (secondary N) is 3. The van der Waals surface area contributed by atoms with Crippen LogP contribution < -0.4 is 10.1 Å². The minimum absolute atomic E-state index is 0.679. The lowest BCUT2D eigenvalue weighted by atomic mass is 10.1. The number of anilines is 1. The summed E-state index contributed by atoms with van der Waals surface area (Å²) in [5, 5.41) is 3.49. The molecule has 5 aromatic rings. The number of aromatic amines is 2.